The third-order valence-electron chi connectivity index (χ3n) is 3.09. The first-order valence-corrected chi connectivity index (χ1v) is 6.56. The highest BCUT2D eigenvalue weighted by Crippen LogP contribution is 2.07. The van der Waals surface area contributed by atoms with Crippen LogP contribution in [0.2, 0.25) is 0 Å². The Bertz CT molecular complexity index is 434. The molecule has 1 aromatic rings. The Morgan fingerprint density at radius 3 is 2.37 bits per heavy atom. The molecule has 3 amide bonds. The maximum atomic E-state index is 12.1. The Kier molecular flexibility index (Phi) is 4.09. The van der Waals surface area contributed by atoms with Crippen LogP contribution in [0.3, 0.4) is 0 Å². The molecular formula is C13H20N4O2. The van der Waals surface area contributed by atoms with Gasteiger partial charge in [-0.05, 0) is 26.0 Å². The summed E-state index contributed by atoms with van der Waals surface area (Å²) >= 11 is 0. The normalized spacial score (nSPS) is 15.7. The van der Waals surface area contributed by atoms with Gasteiger partial charge in [0.2, 0.25) is 0 Å². The summed E-state index contributed by atoms with van der Waals surface area (Å²) in [5.74, 6) is -0.00563. The molecule has 0 atom stereocenters. The van der Waals surface area contributed by atoms with Crippen LogP contribution < -0.4 is 5.32 Å². The average molecular weight is 264 g/mol. The summed E-state index contributed by atoms with van der Waals surface area (Å²) in [6.45, 7) is 6.16. The zero-order valence-electron chi connectivity index (χ0n) is 11.3. The molecule has 104 valence electrons. The molecule has 0 unspecified atom stereocenters. The largest absolute Gasteiger partial charge is 0.357 e. The molecule has 1 saturated heterocycles. The summed E-state index contributed by atoms with van der Waals surface area (Å²) in [5, 5.41) is 2.86. The third kappa shape index (κ3) is 3.27. The van der Waals surface area contributed by atoms with Crippen LogP contribution >= 0.6 is 0 Å². The number of carbonyl (C=O) groups excluding carboxylic acids is 2. The van der Waals surface area contributed by atoms with Crippen LogP contribution in [0.25, 0.3) is 0 Å². The molecule has 1 aliphatic rings. The van der Waals surface area contributed by atoms with Gasteiger partial charge in [0.05, 0.1) is 0 Å². The van der Waals surface area contributed by atoms with Crippen LogP contribution in [0.15, 0.2) is 18.3 Å². The Morgan fingerprint density at radius 2 is 1.84 bits per heavy atom. The van der Waals surface area contributed by atoms with Gasteiger partial charge in [-0.1, -0.05) is 0 Å². The highest BCUT2D eigenvalue weighted by atomic mass is 16.2. The van der Waals surface area contributed by atoms with Crippen molar-refractivity contribution in [3.8, 4) is 0 Å². The second-order valence-corrected chi connectivity index (χ2v) is 4.97. The Morgan fingerprint density at radius 1 is 1.21 bits per heavy atom. The molecule has 2 N–H and O–H groups in total. The van der Waals surface area contributed by atoms with Crippen LogP contribution in [-0.4, -0.2) is 58.9 Å². The van der Waals surface area contributed by atoms with Crippen LogP contribution in [-0.2, 0) is 0 Å². The molecule has 2 heterocycles. The molecule has 0 saturated carbocycles. The van der Waals surface area contributed by atoms with Crippen LogP contribution in [0, 0.1) is 0 Å². The van der Waals surface area contributed by atoms with Gasteiger partial charge in [0.1, 0.15) is 5.69 Å². The summed E-state index contributed by atoms with van der Waals surface area (Å²) in [6, 6.07) is 3.65. The fourth-order valence-electron chi connectivity index (χ4n) is 2.08. The number of nitrogens with one attached hydrogen (secondary N) is 2. The van der Waals surface area contributed by atoms with Crippen LogP contribution in [0.4, 0.5) is 4.79 Å². The van der Waals surface area contributed by atoms with E-state index in [0.717, 1.165) is 0 Å². The predicted octanol–water partition coefficient (Wildman–Crippen LogP) is 0.890. The van der Waals surface area contributed by atoms with Gasteiger partial charge < -0.3 is 20.1 Å². The lowest BCUT2D eigenvalue weighted by Gasteiger charge is -2.34. The molecule has 0 aliphatic carbocycles. The van der Waals surface area contributed by atoms with E-state index < -0.39 is 0 Å². The summed E-state index contributed by atoms with van der Waals surface area (Å²) in [6.07, 6.45) is 1.74. The minimum Gasteiger partial charge on any atom is -0.357 e. The summed E-state index contributed by atoms with van der Waals surface area (Å²) in [4.78, 5) is 30.3. The number of hydrogen-bond acceptors (Lipinski definition) is 2. The van der Waals surface area contributed by atoms with Gasteiger partial charge in [-0.25, -0.2) is 4.79 Å². The monoisotopic (exact) mass is 264 g/mol. The number of nitrogens with zero attached hydrogens (tertiary/aromatic N) is 2. The van der Waals surface area contributed by atoms with Crippen molar-refractivity contribution in [2.75, 3.05) is 26.2 Å². The van der Waals surface area contributed by atoms with E-state index in [1.807, 2.05) is 13.8 Å². The number of piperazine rings is 1. The van der Waals surface area contributed by atoms with E-state index in [1.165, 1.54) is 0 Å². The second kappa shape index (κ2) is 5.77. The zero-order chi connectivity index (χ0) is 13.8. The number of aromatic amines is 1. The molecule has 6 nitrogen and oxygen atoms in total. The van der Waals surface area contributed by atoms with Gasteiger partial charge in [-0.15, -0.1) is 0 Å². The van der Waals surface area contributed by atoms with Gasteiger partial charge in [-0.2, -0.15) is 0 Å². The highest BCUT2D eigenvalue weighted by molar-refractivity contribution is 5.92. The molecule has 6 heteroatoms. The van der Waals surface area contributed by atoms with E-state index >= 15 is 0 Å². The molecule has 0 bridgehead atoms. The van der Waals surface area contributed by atoms with E-state index in [9.17, 15) is 9.59 Å². The quantitative estimate of drug-likeness (QED) is 0.833. The number of H-pyrrole nitrogens is 1. The first kappa shape index (κ1) is 13.5. The van der Waals surface area contributed by atoms with Gasteiger partial charge in [0, 0.05) is 38.4 Å². The molecular weight excluding hydrogens is 244 g/mol. The minimum atomic E-state index is -0.0537. The minimum absolute atomic E-state index is 0.00563. The Hall–Kier alpha value is -1.98. The molecule has 19 heavy (non-hydrogen) atoms. The lowest BCUT2D eigenvalue weighted by Crippen LogP contribution is -2.54. The van der Waals surface area contributed by atoms with Crippen molar-refractivity contribution in [2.24, 2.45) is 0 Å². The number of rotatable bonds is 2. The Balaban J connectivity index is 1.86. The first-order valence-electron chi connectivity index (χ1n) is 6.56. The molecule has 1 fully saturated rings. The average Bonchev–Trinajstić information content (AvgIpc) is 2.91. The highest BCUT2D eigenvalue weighted by Gasteiger charge is 2.25. The molecule has 0 radical (unpaired) electrons. The van der Waals surface area contributed by atoms with E-state index in [-0.39, 0.29) is 18.0 Å². The molecule has 2 rings (SSSR count). The predicted molar refractivity (Wildman–Crippen MR) is 71.9 cm³/mol. The number of urea groups is 1. The van der Waals surface area contributed by atoms with E-state index in [2.05, 4.69) is 10.3 Å². The standard InChI is InChI=1S/C13H20N4O2/c1-10(2)15-13(19)17-8-6-16(7-9-17)12(18)11-4-3-5-14-11/h3-5,10,14H,6-9H2,1-2H3,(H,15,19). The van der Waals surface area contributed by atoms with Crippen LogP contribution in [0.1, 0.15) is 24.3 Å². The number of hydrogen-bond donors (Lipinski definition) is 2. The number of amides is 3. The lowest BCUT2D eigenvalue weighted by atomic mass is 10.3. The first-order chi connectivity index (χ1) is 9.08. The van der Waals surface area contributed by atoms with Crippen molar-refractivity contribution in [2.45, 2.75) is 19.9 Å². The number of aromatic nitrogens is 1. The Labute approximate surface area is 112 Å². The van der Waals surface area contributed by atoms with Gasteiger partial charge in [0.25, 0.3) is 5.91 Å². The molecule has 1 aromatic heterocycles. The summed E-state index contributed by atoms with van der Waals surface area (Å²) < 4.78 is 0. The van der Waals surface area contributed by atoms with Gasteiger partial charge in [-0.3, -0.25) is 4.79 Å². The van der Waals surface area contributed by atoms with E-state index in [4.69, 9.17) is 0 Å². The second-order valence-electron chi connectivity index (χ2n) is 4.97. The van der Waals surface area contributed by atoms with Gasteiger partial charge >= 0.3 is 6.03 Å². The van der Waals surface area contributed by atoms with Crippen LogP contribution in [0.5, 0.6) is 0 Å². The lowest BCUT2D eigenvalue weighted by molar-refractivity contribution is 0.0659. The third-order valence-corrected chi connectivity index (χ3v) is 3.09. The summed E-state index contributed by atoms with van der Waals surface area (Å²) in [7, 11) is 0. The van der Waals surface area contributed by atoms with Gasteiger partial charge in [0.15, 0.2) is 0 Å². The maximum absolute atomic E-state index is 12.1. The van der Waals surface area contributed by atoms with Crippen molar-refractivity contribution < 1.29 is 9.59 Å². The van der Waals surface area contributed by atoms with Crippen molar-refractivity contribution >= 4 is 11.9 Å². The van der Waals surface area contributed by atoms with Crippen molar-refractivity contribution in [3.05, 3.63) is 24.0 Å². The molecule has 0 spiro atoms. The van der Waals surface area contributed by atoms with Crippen molar-refractivity contribution in [3.63, 3.8) is 0 Å². The SMILES string of the molecule is CC(C)NC(=O)N1CCN(C(=O)c2ccc[nH]2)CC1. The van der Waals surface area contributed by atoms with E-state index in [1.54, 1.807) is 28.1 Å². The smallest absolute Gasteiger partial charge is 0.317 e. The maximum Gasteiger partial charge on any atom is 0.317 e. The molecule has 0 aromatic carbocycles. The molecule has 1 aliphatic heterocycles. The fourth-order valence-corrected chi connectivity index (χ4v) is 2.08. The van der Waals surface area contributed by atoms with Crippen molar-refractivity contribution in [1.82, 2.24) is 20.1 Å². The number of carbonyl (C=O) groups is 2. The zero-order valence-corrected chi connectivity index (χ0v) is 11.3. The fraction of sp³-hybridized carbons (Fsp3) is 0.538. The van der Waals surface area contributed by atoms with Crippen molar-refractivity contribution in [1.29, 1.82) is 0 Å². The van der Waals surface area contributed by atoms with E-state index in [0.29, 0.717) is 31.9 Å². The summed E-state index contributed by atoms with van der Waals surface area (Å²) in [5.41, 5.74) is 0.597. The topological polar surface area (TPSA) is 68.4 Å².